The summed E-state index contributed by atoms with van der Waals surface area (Å²) in [5.41, 5.74) is 1.49. The second-order valence-corrected chi connectivity index (χ2v) is 9.41. The summed E-state index contributed by atoms with van der Waals surface area (Å²) in [4.78, 5) is 13.1. The Hall–Kier alpha value is -1.81. The molecule has 0 fully saturated rings. The zero-order valence-electron chi connectivity index (χ0n) is 17.5. The van der Waals surface area contributed by atoms with E-state index >= 15 is 0 Å². The molecule has 0 saturated carbocycles. The van der Waals surface area contributed by atoms with Crippen LogP contribution in [0, 0.1) is 11.3 Å². The first-order valence-corrected chi connectivity index (χ1v) is 9.46. The number of ether oxygens (including phenoxy) is 1. The molecule has 0 N–H and O–H groups in total. The molecule has 0 aliphatic carbocycles. The van der Waals surface area contributed by atoms with Gasteiger partial charge in [-0.3, -0.25) is 0 Å². The van der Waals surface area contributed by atoms with Crippen molar-refractivity contribution in [1.82, 2.24) is 10.0 Å². The van der Waals surface area contributed by atoms with E-state index in [9.17, 15) is 4.79 Å². The van der Waals surface area contributed by atoms with Gasteiger partial charge in [0, 0.05) is 17.7 Å². The van der Waals surface area contributed by atoms with Crippen molar-refractivity contribution in [2.75, 3.05) is 0 Å². The van der Waals surface area contributed by atoms with E-state index in [-0.39, 0.29) is 17.6 Å². The maximum atomic E-state index is 13.1. The van der Waals surface area contributed by atoms with Gasteiger partial charge in [0.15, 0.2) is 0 Å². The molecule has 0 spiro atoms. The fourth-order valence-electron chi connectivity index (χ4n) is 3.15. The van der Waals surface area contributed by atoms with E-state index in [1.807, 2.05) is 39.0 Å². The molecule has 4 heteroatoms. The van der Waals surface area contributed by atoms with Gasteiger partial charge < -0.3 is 4.74 Å². The summed E-state index contributed by atoms with van der Waals surface area (Å²) < 4.78 is 5.75. The van der Waals surface area contributed by atoms with Crippen LogP contribution in [0.15, 0.2) is 42.1 Å². The molecular formula is C22H34N2O2. The zero-order valence-corrected chi connectivity index (χ0v) is 17.5. The Balaban J connectivity index is 2.43. The molecule has 1 unspecified atom stereocenters. The first-order chi connectivity index (χ1) is 11.9. The first kappa shape index (κ1) is 20.5. The smallest absolute Gasteiger partial charge is 0.429 e. The molecule has 2 rings (SSSR count). The Morgan fingerprint density at radius 2 is 1.65 bits per heavy atom. The molecule has 0 bridgehead atoms. The Morgan fingerprint density at radius 1 is 1.08 bits per heavy atom. The van der Waals surface area contributed by atoms with Gasteiger partial charge in [-0.1, -0.05) is 65.0 Å². The van der Waals surface area contributed by atoms with Crippen LogP contribution in [0.2, 0.25) is 0 Å². The molecule has 1 amide bonds. The minimum Gasteiger partial charge on any atom is -0.442 e. The molecule has 1 aliphatic rings. The number of carbonyl (C=O) groups is 1. The van der Waals surface area contributed by atoms with Crippen molar-refractivity contribution in [2.45, 2.75) is 73.6 Å². The lowest BCUT2D eigenvalue weighted by molar-refractivity contribution is -0.0506. The van der Waals surface area contributed by atoms with Crippen LogP contribution in [0.4, 0.5) is 4.79 Å². The molecule has 0 aromatic heterocycles. The normalized spacial score (nSPS) is 19.0. The highest BCUT2D eigenvalue weighted by Gasteiger charge is 2.43. The Kier molecular flexibility index (Phi) is 5.86. The average Bonchev–Trinajstić information content (AvgIpc) is 2.86. The van der Waals surface area contributed by atoms with E-state index < -0.39 is 5.60 Å². The monoisotopic (exact) mass is 358 g/mol. The predicted octanol–water partition coefficient (Wildman–Crippen LogP) is 5.61. The van der Waals surface area contributed by atoms with Crippen molar-refractivity contribution in [2.24, 2.45) is 11.3 Å². The van der Waals surface area contributed by atoms with E-state index in [0.29, 0.717) is 12.5 Å². The van der Waals surface area contributed by atoms with E-state index in [4.69, 9.17) is 4.74 Å². The molecule has 0 saturated heterocycles. The number of hydrogen-bond acceptors (Lipinski definition) is 3. The van der Waals surface area contributed by atoms with Crippen LogP contribution in [0.5, 0.6) is 0 Å². The maximum Gasteiger partial charge on any atom is 0.429 e. The van der Waals surface area contributed by atoms with Crippen LogP contribution < -0.4 is 0 Å². The second-order valence-electron chi connectivity index (χ2n) is 9.41. The van der Waals surface area contributed by atoms with E-state index in [2.05, 4.69) is 57.8 Å². The van der Waals surface area contributed by atoms with Crippen molar-refractivity contribution in [1.29, 1.82) is 0 Å². The second kappa shape index (κ2) is 7.43. The lowest BCUT2D eigenvalue weighted by Gasteiger charge is -2.39. The summed E-state index contributed by atoms with van der Waals surface area (Å²) >= 11 is 0. The third-order valence-electron chi connectivity index (χ3n) is 4.36. The molecule has 1 aromatic rings. The number of benzene rings is 1. The molecule has 4 nitrogen and oxygen atoms in total. The lowest BCUT2D eigenvalue weighted by atomic mass is 9.90. The summed E-state index contributed by atoms with van der Waals surface area (Å²) in [6.45, 7) is 17.2. The molecule has 26 heavy (non-hydrogen) atoms. The number of hydrazine groups is 1. The number of nitrogens with zero attached hydrogens (tertiary/aromatic N) is 2. The fourth-order valence-corrected chi connectivity index (χ4v) is 3.15. The largest absolute Gasteiger partial charge is 0.442 e. The van der Waals surface area contributed by atoms with Crippen molar-refractivity contribution in [3.8, 4) is 0 Å². The van der Waals surface area contributed by atoms with Crippen LogP contribution in [0.25, 0.3) is 0 Å². The zero-order chi connectivity index (χ0) is 19.7. The summed E-state index contributed by atoms with van der Waals surface area (Å²) in [5.74, 6) is 0.378. The van der Waals surface area contributed by atoms with Gasteiger partial charge in [0.05, 0.1) is 6.04 Å². The predicted molar refractivity (Wildman–Crippen MR) is 106 cm³/mol. The Morgan fingerprint density at radius 3 is 2.12 bits per heavy atom. The first-order valence-electron chi connectivity index (χ1n) is 9.46. The van der Waals surface area contributed by atoms with Gasteiger partial charge in [0.1, 0.15) is 5.60 Å². The van der Waals surface area contributed by atoms with Crippen molar-refractivity contribution >= 4 is 6.09 Å². The van der Waals surface area contributed by atoms with E-state index in [1.165, 1.54) is 5.56 Å². The maximum absolute atomic E-state index is 13.1. The summed E-state index contributed by atoms with van der Waals surface area (Å²) in [6, 6.07) is 10.4. The summed E-state index contributed by atoms with van der Waals surface area (Å²) in [7, 11) is 0. The summed E-state index contributed by atoms with van der Waals surface area (Å²) in [6.07, 6.45) is 1.93. The van der Waals surface area contributed by atoms with E-state index in [1.54, 1.807) is 5.01 Å². The van der Waals surface area contributed by atoms with Gasteiger partial charge in [-0.05, 0) is 38.3 Å². The molecule has 1 aromatic carbocycles. The van der Waals surface area contributed by atoms with Crippen LogP contribution >= 0.6 is 0 Å². The molecule has 1 atom stereocenters. The molecule has 1 aliphatic heterocycles. The number of hydrogen-bond donors (Lipinski definition) is 0. The van der Waals surface area contributed by atoms with Gasteiger partial charge >= 0.3 is 6.09 Å². The minimum atomic E-state index is -0.533. The molecule has 1 heterocycles. The van der Waals surface area contributed by atoms with Gasteiger partial charge in [0.2, 0.25) is 0 Å². The standard InChI is InChI=1S/C22H34N2O2/c1-16(2)18-14-19(21(3,4)5)24(20(25)26-22(6,7)8)23(18)15-17-12-10-9-11-13-17/h9-14,16,18H,15H2,1-8H3. The minimum absolute atomic E-state index is 0.150. The van der Waals surface area contributed by atoms with Crippen molar-refractivity contribution in [3.05, 3.63) is 47.7 Å². The van der Waals surface area contributed by atoms with Crippen LogP contribution in [0.3, 0.4) is 0 Å². The van der Waals surface area contributed by atoms with Gasteiger partial charge in [-0.2, -0.15) is 5.01 Å². The Bertz CT molecular complexity index is 651. The highest BCUT2D eigenvalue weighted by atomic mass is 16.6. The fraction of sp³-hybridized carbons (Fsp3) is 0.591. The molecular weight excluding hydrogens is 324 g/mol. The van der Waals surface area contributed by atoms with Crippen molar-refractivity contribution < 1.29 is 9.53 Å². The third kappa shape index (κ3) is 4.88. The SMILES string of the molecule is CC(C)C1C=C(C(C)(C)C)N(C(=O)OC(C)(C)C)N1Cc1ccccc1. The molecule has 144 valence electrons. The number of amides is 1. The number of allylic oxidation sites excluding steroid dienone is 1. The van der Waals surface area contributed by atoms with Gasteiger partial charge in [0.25, 0.3) is 0 Å². The molecule has 0 radical (unpaired) electrons. The number of rotatable bonds is 3. The summed E-state index contributed by atoms with van der Waals surface area (Å²) in [5, 5.41) is 3.91. The number of carbonyl (C=O) groups excluding carboxylic acids is 1. The van der Waals surface area contributed by atoms with Crippen LogP contribution in [0.1, 0.15) is 61.0 Å². The van der Waals surface area contributed by atoms with Crippen LogP contribution in [-0.4, -0.2) is 27.8 Å². The lowest BCUT2D eigenvalue weighted by Crippen LogP contribution is -2.49. The van der Waals surface area contributed by atoms with Crippen molar-refractivity contribution in [3.63, 3.8) is 0 Å². The third-order valence-corrected chi connectivity index (χ3v) is 4.36. The van der Waals surface area contributed by atoms with Gasteiger partial charge in [-0.25, -0.2) is 9.80 Å². The highest BCUT2D eigenvalue weighted by Crippen LogP contribution is 2.39. The quantitative estimate of drug-likeness (QED) is 0.704. The van der Waals surface area contributed by atoms with Gasteiger partial charge in [-0.15, -0.1) is 0 Å². The average molecular weight is 359 g/mol. The Labute approximate surface area is 158 Å². The van der Waals surface area contributed by atoms with E-state index in [0.717, 1.165) is 5.70 Å². The topological polar surface area (TPSA) is 32.8 Å². The highest BCUT2D eigenvalue weighted by molar-refractivity contribution is 5.71. The van der Waals surface area contributed by atoms with Crippen LogP contribution in [-0.2, 0) is 11.3 Å².